The summed E-state index contributed by atoms with van der Waals surface area (Å²) < 4.78 is 41.1. The minimum atomic E-state index is -4.51. The average molecular weight is 255 g/mol. The summed E-state index contributed by atoms with van der Waals surface area (Å²) in [6, 6.07) is 0. The zero-order valence-corrected chi connectivity index (χ0v) is 9.59. The Morgan fingerprint density at radius 3 is 2.41 bits per heavy atom. The molecule has 0 atom stereocenters. The molecule has 1 heterocycles. The first-order valence-corrected chi connectivity index (χ1v) is 5.33. The smallest absolute Gasteiger partial charge is 0.388 e. The Balaban J connectivity index is 2.47. The number of nitrogens with zero attached hydrogens (tertiary/aromatic N) is 1. The highest BCUT2D eigenvalue weighted by Gasteiger charge is 2.36. The van der Waals surface area contributed by atoms with E-state index in [2.05, 4.69) is 0 Å². The van der Waals surface area contributed by atoms with E-state index >= 15 is 0 Å². The molecule has 7 heteroatoms. The van der Waals surface area contributed by atoms with Gasteiger partial charge in [0.1, 0.15) is 6.42 Å². The first-order chi connectivity index (χ1) is 7.72. The number of carbonyl (C=O) groups excluding carboxylic acids is 1. The molecule has 0 aromatic rings. The molecule has 1 rings (SSSR count). The van der Waals surface area contributed by atoms with Crippen molar-refractivity contribution in [2.75, 3.05) is 26.8 Å². The third-order valence-corrected chi connectivity index (χ3v) is 2.73. The van der Waals surface area contributed by atoms with Gasteiger partial charge in [0, 0.05) is 39.6 Å². The second kappa shape index (κ2) is 5.22. The molecule has 1 amide bonds. The van der Waals surface area contributed by atoms with Crippen molar-refractivity contribution in [3.63, 3.8) is 0 Å². The van der Waals surface area contributed by atoms with Gasteiger partial charge in [-0.2, -0.15) is 13.2 Å². The van der Waals surface area contributed by atoms with Gasteiger partial charge in [-0.25, -0.2) is 0 Å². The van der Waals surface area contributed by atoms with Crippen molar-refractivity contribution in [2.24, 2.45) is 0 Å². The molecule has 17 heavy (non-hydrogen) atoms. The summed E-state index contributed by atoms with van der Waals surface area (Å²) in [4.78, 5) is 12.2. The van der Waals surface area contributed by atoms with Crippen molar-refractivity contribution in [3.8, 4) is 0 Å². The van der Waals surface area contributed by atoms with E-state index in [1.807, 2.05) is 0 Å². The molecule has 0 unspecified atom stereocenters. The van der Waals surface area contributed by atoms with E-state index in [0.717, 1.165) is 4.90 Å². The molecular weight excluding hydrogens is 239 g/mol. The maximum Gasteiger partial charge on any atom is 0.397 e. The summed E-state index contributed by atoms with van der Waals surface area (Å²) >= 11 is 0. The van der Waals surface area contributed by atoms with Gasteiger partial charge in [0.2, 0.25) is 5.91 Å². The number of halogens is 3. The minimum Gasteiger partial charge on any atom is -0.388 e. The predicted octanol–water partition coefficient (Wildman–Crippen LogP) is 0.939. The van der Waals surface area contributed by atoms with Crippen LogP contribution in [0.4, 0.5) is 13.2 Å². The minimum absolute atomic E-state index is 0.0920. The monoisotopic (exact) mass is 255 g/mol. The second-order valence-corrected chi connectivity index (χ2v) is 4.38. The fourth-order valence-electron chi connectivity index (χ4n) is 1.75. The number of alkyl halides is 3. The Bertz CT molecular complexity index is 274. The number of carbonyl (C=O) groups is 1. The Labute approximate surface area is 97.3 Å². The lowest BCUT2D eigenvalue weighted by molar-refractivity contribution is -0.164. The fourth-order valence-corrected chi connectivity index (χ4v) is 1.75. The molecule has 1 N–H and O–H groups in total. The first-order valence-electron chi connectivity index (χ1n) is 5.33. The maximum atomic E-state index is 12.0. The molecule has 0 spiro atoms. The zero-order valence-electron chi connectivity index (χ0n) is 9.59. The molecule has 0 radical (unpaired) electrons. The van der Waals surface area contributed by atoms with E-state index in [1.165, 1.54) is 7.05 Å². The molecule has 0 aromatic carbocycles. The van der Waals surface area contributed by atoms with Crippen molar-refractivity contribution in [1.29, 1.82) is 0 Å². The van der Waals surface area contributed by atoms with Crippen LogP contribution in [0.5, 0.6) is 0 Å². The van der Waals surface area contributed by atoms with Gasteiger partial charge in [0.25, 0.3) is 0 Å². The van der Waals surface area contributed by atoms with E-state index < -0.39 is 24.1 Å². The lowest BCUT2D eigenvalue weighted by atomic mass is 9.94. The van der Waals surface area contributed by atoms with Crippen LogP contribution in [0.1, 0.15) is 19.3 Å². The van der Waals surface area contributed by atoms with Crippen LogP contribution in [0.25, 0.3) is 0 Å². The van der Waals surface area contributed by atoms with Crippen LogP contribution >= 0.6 is 0 Å². The molecule has 100 valence electrons. The standard InChI is InChI=1S/C10H16F3NO3/c1-14(8(15)6-10(11,12)13)7-9(16)2-4-17-5-3-9/h16H,2-7H2,1H3. The lowest BCUT2D eigenvalue weighted by Crippen LogP contribution is -2.47. The second-order valence-electron chi connectivity index (χ2n) is 4.38. The normalized spacial score (nSPS) is 20.1. The van der Waals surface area contributed by atoms with Gasteiger partial charge in [-0.05, 0) is 0 Å². The Hall–Kier alpha value is -0.820. The van der Waals surface area contributed by atoms with Crippen LogP contribution in [0.2, 0.25) is 0 Å². The number of likely N-dealkylation sites (N-methyl/N-ethyl adjacent to an activating group) is 1. The summed E-state index contributed by atoms with van der Waals surface area (Å²) in [5, 5.41) is 10.0. The molecule has 1 fully saturated rings. The van der Waals surface area contributed by atoms with Crippen molar-refractivity contribution < 1.29 is 27.8 Å². The van der Waals surface area contributed by atoms with Crippen molar-refractivity contribution in [1.82, 2.24) is 4.90 Å². The van der Waals surface area contributed by atoms with Crippen molar-refractivity contribution in [3.05, 3.63) is 0 Å². The zero-order chi connectivity index (χ0) is 13.1. The lowest BCUT2D eigenvalue weighted by Gasteiger charge is -2.35. The molecule has 1 aliphatic heterocycles. The molecule has 4 nitrogen and oxygen atoms in total. The first kappa shape index (κ1) is 14.2. The topological polar surface area (TPSA) is 49.8 Å². The van der Waals surface area contributed by atoms with E-state index in [1.54, 1.807) is 0 Å². The van der Waals surface area contributed by atoms with Gasteiger partial charge in [0.15, 0.2) is 0 Å². The van der Waals surface area contributed by atoms with Crippen molar-refractivity contribution in [2.45, 2.75) is 31.0 Å². The van der Waals surface area contributed by atoms with Gasteiger partial charge in [-0.15, -0.1) is 0 Å². The van der Waals surface area contributed by atoms with Crippen LogP contribution in [0.15, 0.2) is 0 Å². The Morgan fingerprint density at radius 1 is 1.41 bits per heavy atom. The third-order valence-electron chi connectivity index (χ3n) is 2.73. The largest absolute Gasteiger partial charge is 0.397 e. The third kappa shape index (κ3) is 4.91. The number of amides is 1. The molecule has 0 bridgehead atoms. The van der Waals surface area contributed by atoms with Gasteiger partial charge in [-0.1, -0.05) is 0 Å². The SMILES string of the molecule is CN(CC1(O)CCOCC1)C(=O)CC(F)(F)F. The summed E-state index contributed by atoms with van der Waals surface area (Å²) in [6.07, 6.45) is -5.34. The van der Waals surface area contributed by atoms with Crippen LogP contribution < -0.4 is 0 Å². The molecule has 0 aromatic heterocycles. The molecular formula is C10H16F3NO3. The van der Waals surface area contributed by atoms with Crippen LogP contribution in [-0.2, 0) is 9.53 Å². The van der Waals surface area contributed by atoms with E-state index in [4.69, 9.17) is 4.74 Å². The highest BCUT2D eigenvalue weighted by molar-refractivity contribution is 5.76. The highest BCUT2D eigenvalue weighted by Crippen LogP contribution is 2.24. The molecule has 1 aliphatic rings. The summed E-state index contributed by atoms with van der Waals surface area (Å²) in [7, 11) is 1.27. The maximum absolute atomic E-state index is 12.0. The van der Waals surface area contributed by atoms with E-state index in [-0.39, 0.29) is 6.54 Å². The van der Waals surface area contributed by atoms with Crippen molar-refractivity contribution >= 4 is 5.91 Å². The number of ether oxygens (including phenoxy) is 1. The molecule has 1 saturated heterocycles. The number of rotatable bonds is 3. The van der Waals surface area contributed by atoms with Gasteiger partial charge in [-0.3, -0.25) is 4.79 Å². The van der Waals surface area contributed by atoms with Gasteiger partial charge < -0.3 is 14.7 Å². The van der Waals surface area contributed by atoms with Crippen LogP contribution in [-0.4, -0.2) is 54.5 Å². The van der Waals surface area contributed by atoms with Gasteiger partial charge in [0.05, 0.1) is 5.60 Å². The highest BCUT2D eigenvalue weighted by atomic mass is 19.4. The van der Waals surface area contributed by atoms with E-state index in [9.17, 15) is 23.1 Å². The predicted molar refractivity (Wildman–Crippen MR) is 53.3 cm³/mol. The summed E-state index contributed by atoms with van der Waals surface area (Å²) in [6.45, 7) is 0.626. The van der Waals surface area contributed by atoms with Gasteiger partial charge >= 0.3 is 6.18 Å². The molecule has 0 saturated carbocycles. The number of hydrogen-bond acceptors (Lipinski definition) is 3. The Kier molecular flexibility index (Phi) is 4.37. The van der Waals surface area contributed by atoms with E-state index in [0.29, 0.717) is 26.1 Å². The fraction of sp³-hybridized carbons (Fsp3) is 0.900. The quantitative estimate of drug-likeness (QED) is 0.816. The molecule has 0 aliphatic carbocycles. The van der Waals surface area contributed by atoms with Crippen LogP contribution in [0.3, 0.4) is 0 Å². The number of aliphatic hydroxyl groups is 1. The summed E-state index contributed by atoms with van der Waals surface area (Å²) in [5.74, 6) is -1.03. The Morgan fingerprint density at radius 2 is 1.94 bits per heavy atom. The average Bonchev–Trinajstić information content (AvgIpc) is 2.15. The van der Waals surface area contributed by atoms with Crippen LogP contribution in [0, 0.1) is 0 Å². The number of hydrogen-bond donors (Lipinski definition) is 1. The summed E-state index contributed by atoms with van der Waals surface area (Å²) in [5.41, 5.74) is -1.13.